The number of carbonyl (C=O) groups excluding carboxylic acids is 2. The number of piperazine rings is 1. The number of hydrogen-bond donors (Lipinski definition) is 1. The summed E-state index contributed by atoms with van der Waals surface area (Å²) in [6.45, 7) is 9.26. The molecule has 2 fully saturated rings. The summed E-state index contributed by atoms with van der Waals surface area (Å²) in [5.74, 6) is 0.198. The fourth-order valence-corrected chi connectivity index (χ4v) is 4.68. The van der Waals surface area contributed by atoms with Gasteiger partial charge < -0.3 is 10.2 Å². The van der Waals surface area contributed by atoms with Crippen LogP contribution in [-0.4, -0.2) is 78.4 Å². The maximum Gasteiger partial charge on any atom is 0.238 e. The molecule has 2 aromatic carbocycles. The summed E-state index contributed by atoms with van der Waals surface area (Å²) in [5, 5.41) is 3.09. The average molecular weight is 475 g/mol. The molecule has 0 spiro atoms. The fraction of sp³-hybridized carbons (Fsp3) is 0.448. The molecule has 1 heterocycles. The number of nitrogens with one attached hydrogen (secondary N) is 1. The predicted octanol–water partition coefficient (Wildman–Crippen LogP) is 3.95. The third-order valence-corrected chi connectivity index (χ3v) is 6.97. The quantitative estimate of drug-likeness (QED) is 0.567. The van der Waals surface area contributed by atoms with Crippen molar-refractivity contribution in [3.8, 4) is 0 Å². The lowest BCUT2D eigenvalue weighted by Crippen LogP contribution is -2.49. The van der Waals surface area contributed by atoms with E-state index in [1.54, 1.807) is 0 Å². The number of nitrogens with zero attached hydrogens (tertiary/aromatic N) is 3. The van der Waals surface area contributed by atoms with E-state index in [9.17, 15) is 9.59 Å². The molecule has 0 aromatic heterocycles. The van der Waals surface area contributed by atoms with Crippen LogP contribution < -0.4 is 5.32 Å². The second kappa shape index (κ2) is 12.1. The molecule has 2 aliphatic rings. The zero-order valence-corrected chi connectivity index (χ0v) is 21.1. The molecule has 0 atom stereocenters. The van der Waals surface area contributed by atoms with E-state index in [2.05, 4.69) is 39.4 Å². The Balaban J connectivity index is 1.19. The lowest BCUT2D eigenvalue weighted by molar-refractivity contribution is -0.133. The van der Waals surface area contributed by atoms with Gasteiger partial charge in [-0.3, -0.25) is 19.4 Å². The highest BCUT2D eigenvalue weighted by atomic mass is 16.2. The number of amides is 2. The zero-order chi connectivity index (χ0) is 24.6. The monoisotopic (exact) mass is 474 g/mol. The summed E-state index contributed by atoms with van der Waals surface area (Å²) < 4.78 is 0. The van der Waals surface area contributed by atoms with Crippen LogP contribution >= 0.6 is 0 Å². The van der Waals surface area contributed by atoms with Crippen molar-refractivity contribution in [3.05, 3.63) is 71.3 Å². The Bertz CT molecular complexity index is 1000. The van der Waals surface area contributed by atoms with Crippen LogP contribution in [0.25, 0.3) is 6.08 Å². The van der Waals surface area contributed by atoms with E-state index in [0.717, 1.165) is 62.4 Å². The van der Waals surface area contributed by atoms with E-state index in [0.29, 0.717) is 25.6 Å². The first-order valence-corrected chi connectivity index (χ1v) is 12.8. The third-order valence-electron chi connectivity index (χ3n) is 6.97. The molecule has 1 aliphatic carbocycles. The molecule has 4 rings (SSSR count). The molecular weight excluding hydrogens is 436 g/mol. The largest absolute Gasteiger partial charge is 0.340 e. The van der Waals surface area contributed by atoms with Gasteiger partial charge in [0, 0.05) is 57.4 Å². The standard InChI is InChI=1S/C29H38N4O2/c1-23-8-6-9-24(2)29(23)30-27(34)22-33(26-13-14-26)17-15-28(35)32-20-18-31(19-21-32)16-7-12-25-10-4-3-5-11-25/h3-12,26H,13-22H2,1-2H3,(H,30,34)/b12-7+. The smallest absolute Gasteiger partial charge is 0.238 e. The molecular formula is C29H38N4O2. The van der Waals surface area contributed by atoms with Crippen LogP contribution in [0, 0.1) is 13.8 Å². The fourth-order valence-electron chi connectivity index (χ4n) is 4.68. The van der Waals surface area contributed by atoms with Crippen LogP contribution in [0.15, 0.2) is 54.6 Å². The summed E-state index contributed by atoms with van der Waals surface area (Å²) in [5.41, 5.74) is 4.26. The van der Waals surface area contributed by atoms with Gasteiger partial charge in [-0.2, -0.15) is 0 Å². The topological polar surface area (TPSA) is 55.9 Å². The van der Waals surface area contributed by atoms with Crippen LogP contribution in [0.3, 0.4) is 0 Å². The molecule has 0 radical (unpaired) electrons. The highest BCUT2D eigenvalue weighted by molar-refractivity contribution is 5.93. The zero-order valence-electron chi connectivity index (χ0n) is 21.1. The Morgan fingerprint density at radius 1 is 0.971 bits per heavy atom. The van der Waals surface area contributed by atoms with Crippen LogP contribution in [0.5, 0.6) is 0 Å². The van der Waals surface area contributed by atoms with E-state index < -0.39 is 0 Å². The van der Waals surface area contributed by atoms with Gasteiger partial charge in [-0.15, -0.1) is 0 Å². The Labute approximate surface area is 209 Å². The first kappa shape index (κ1) is 25.1. The van der Waals surface area contributed by atoms with E-state index in [4.69, 9.17) is 0 Å². The first-order chi connectivity index (χ1) is 17.0. The number of anilines is 1. The summed E-state index contributed by atoms with van der Waals surface area (Å²) in [7, 11) is 0. The van der Waals surface area contributed by atoms with Crippen LogP contribution in [0.4, 0.5) is 5.69 Å². The van der Waals surface area contributed by atoms with Crippen LogP contribution in [0.2, 0.25) is 0 Å². The van der Waals surface area contributed by atoms with Gasteiger partial charge in [0.25, 0.3) is 0 Å². The van der Waals surface area contributed by atoms with Gasteiger partial charge in [-0.1, -0.05) is 60.7 Å². The summed E-state index contributed by atoms with van der Waals surface area (Å²) in [6.07, 6.45) is 7.05. The number of para-hydroxylation sites is 1. The molecule has 2 amide bonds. The molecule has 186 valence electrons. The maximum atomic E-state index is 12.9. The van der Waals surface area contributed by atoms with Crippen molar-refractivity contribution in [2.75, 3.05) is 51.1 Å². The van der Waals surface area contributed by atoms with Gasteiger partial charge in [0.15, 0.2) is 0 Å². The lowest BCUT2D eigenvalue weighted by atomic mass is 10.1. The average Bonchev–Trinajstić information content (AvgIpc) is 3.71. The molecule has 2 aromatic rings. The van der Waals surface area contributed by atoms with E-state index in [1.165, 1.54) is 5.56 Å². The van der Waals surface area contributed by atoms with E-state index in [1.807, 2.05) is 55.1 Å². The van der Waals surface area contributed by atoms with Gasteiger partial charge in [0.2, 0.25) is 11.8 Å². The van der Waals surface area contributed by atoms with Gasteiger partial charge in [-0.05, 0) is 43.4 Å². The van der Waals surface area contributed by atoms with E-state index in [-0.39, 0.29) is 11.8 Å². The second-order valence-electron chi connectivity index (χ2n) is 9.76. The van der Waals surface area contributed by atoms with Gasteiger partial charge in [-0.25, -0.2) is 0 Å². The molecule has 0 bridgehead atoms. The minimum atomic E-state index is -0.000999. The number of hydrogen-bond acceptors (Lipinski definition) is 4. The summed E-state index contributed by atoms with van der Waals surface area (Å²) in [6, 6.07) is 16.8. The first-order valence-electron chi connectivity index (χ1n) is 12.8. The lowest BCUT2D eigenvalue weighted by Gasteiger charge is -2.34. The SMILES string of the molecule is Cc1cccc(C)c1NC(=O)CN(CCC(=O)N1CCN(C/C=C/c2ccccc2)CC1)C1CC1. The molecule has 1 saturated carbocycles. The van der Waals surface area contributed by atoms with Gasteiger partial charge in [0.1, 0.15) is 0 Å². The van der Waals surface area contributed by atoms with Crippen molar-refractivity contribution in [1.29, 1.82) is 0 Å². The minimum Gasteiger partial charge on any atom is -0.340 e. The Kier molecular flexibility index (Phi) is 8.72. The second-order valence-corrected chi connectivity index (χ2v) is 9.76. The van der Waals surface area contributed by atoms with Crippen molar-refractivity contribution in [3.63, 3.8) is 0 Å². The Hall–Kier alpha value is -2.96. The Morgan fingerprint density at radius 3 is 2.31 bits per heavy atom. The number of rotatable bonds is 10. The van der Waals surface area contributed by atoms with Crippen molar-refractivity contribution in [2.24, 2.45) is 0 Å². The minimum absolute atomic E-state index is 0.000999. The molecule has 35 heavy (non-hydrogen) atoms. The van der Waals surface area contributed by atoms with E-state index >= 15 is 0 Å². The van der Waals surface area contributed by atoms with Gasteiger partial charge in [0.05, 0.1) is 6.54 Å². The third kappa shape index (κ3) is 7.51. The summed E-state index contributed by atoms with van der Waals surface area (Å²) >= 11 is 0. The van der Waals surface area contributed by atoms with Crippen molar-refractivity contribution < 1.29 is 9.59 Å². The highest BCUT2D eigenvalue weighted by Gasteiger charge is 2.31. The number of carbonyl (C=O) groups is 2. The highest BCUT2D eigenvalue weighted by Crippen LogP contribution is 2.27. The van der Waals surface area contributed by atoms with Crippen molar-refractivity contribution in [2.45, 2.75) is 39.2 Å². The Morgan fingerprint density at radius 2 is 1.66 bits per heavy atom. The number of benzene rings is 2. The molecule has 6 nitrogen and oxygen atoms in total. The van der Waals surface area contributed by atoms with Crippen molar-refractivity contribution in [1.82, 2.24) is 14.7 Å². The van der Waals surface area contributed by atoms with Gasteiger partial charge >= 0.3 is 0 Å². The predicted molar refractivity (Wildman–Crippen MR) is 142 cm³/mol. The molecule has 6 heteroatoms. The molecule has 1 aliphatic heterocycles. The van der Waals surface area contributed by atoms with Crippen molar-refractivity contribution >= 4 is 23.6 Å². The normalized spacial score (nSPS) is 16.7. The molecule has 1 N–H and O–H groups in total. The van der Waals surface area contributed by atoms with Crippen LogP contribution in [0.1, 0.15) is 36.0 Å². The maximum absolute atomic E-state index is 12.9. The molecule has 1 saturated heterocycles. The summed E-state index contributed by atoms with van der Waals surface area (Å²) in [4.78, 5) is 32.2. The van der Waals surface area contributed by atoms with Crippen LogP contribution in [-0.2, 0) is 9.59 Å². The molecule has 0 unspecified atom stereocenters. The number of aryl methyl sites for hydroxylation is 2.